The Morgan fingerprint density at radius 1 is 1.00 bits per heavy atom. The Balaban J connectivity index is 1.63. The maximum Gasteiger partial charge on any atom is 0.310 e. The number of carbonyl (C=O) groups is 2. The van der Waals surface area contributed by atoms with Crippen LogP contribution in [-0.4, -0.2) is 33.6 Å². The van der Waals surface area contributed by atoms with Gasteiger partial charge in [-0.1, -0.05) is 42.5 Å². The lowest BCUT2D eigenvalue weighted by Crippen LogP contribution is -2.39. The number of nitrogens with zero attached hydrogens (tertiary/aromatic N) is 1. The minimum absolute atomic E-state index is 0.0997. The van der Waals surface area contributed by atoms with Crippen LogP contribution in [0.4, 0.5) is 0 Å². The van der Waals surface area contributed by atoms with Gasteiger partial charge in [0.05, 0.1) is 5.41 Å². The van der Waals surface area contributed by atoms with Crippen molar-refractivity contribution in [3.63, 3.8) is 0 Å². The molecule has 0 bridgehead atoms. The number of hydrogen-bond donors (Lipinski definition) is 3. The molecule has 0 fully saturated rings. The molecule has 0 aliphatic rings. The maximum absolute atomic E-state index is 12.5. The van der Waals surface area contributed by atoms with Crippen LogP contribution in [0.2, 0.25) is 0 Å². The number of benzene rings is 3. The second-order valence-electron chi connectivity index (χ2n) is 8.54. The number of pyridine rings is 1. The third kappa shape index (κ3) is 4.68. The molecule has 0 atom stereocenters. The van der Waals surface area contributed by atoms with Crippen molar-refractivity contribution in [1.29, 1.82) is 0 Å². The Bertz CT molecular complexity index is 1370. The molecule has 34 heavy (non-hydrogen) atoms. The molecule has 1 heterocycles. The minimum Gasteiger partial charge on any atom is -0.505 e. The molecular weight excluding hydrogens is 432 g/mol. The molecule has 4 rings (SSSR count). The number of fused-ring (bicyclic) bond motifs is 1. The van der Waals surface area contributed by atoms with Crippen LogP contribution in [0.15, 0.2) is 79.0 Å². The molecule has 7 heteroatoms. The highest BCUT2D eigenvalue weighted by atomic mass is 16.5. The molecule has 0 saturated carbocycles. The summed E-state index contributed by atoms with van der Waals surface area (Å²) >= 11 is 0. The van der Waals surface area contributed by atoms with Gasteiger partial charge >= 0.3 is 5.97 Å². The average molecular weight is 456 g/mol. The van der Waals surface area contributed by atoms with Crippen LogP contribution < -0.4 is 10.1 Å². The number of carbonyl (C=O) groups excluding carboxylic acids is 1. The molecular formula is C27H24N2O5. The van der Waals surface area contributed by atoms with E-state index in [0.29, 0.717) is 16.5 Å². The second kappa shape index (κ2) is 9.23. The topological polar surface area (TPSA) is 109 Å². The summed E-state index contributed by atoms with van der Waals surface area (Å²) in [5, 5.41) is 23.6. The van der Waals surface area contributed by atoms with Crippen LogP contribution in [0.25, 0.3) is 21.9 Å². The Hall–Kier alpha value is -4.39. The summed E-state index contributed by atoms with van der Waals surface area (Å²) in [7, 11) is 0. The first-order valence-electron chi connectivity index (χ1n) is 10.7. The summed E-state index contributed by atoms with van der Waals surface area (Å²) < 4.78 is 6.06. The van der Waals surface area contributed by atoms with Gasteiger partial charge in [-0.2, -0.15) is 0 Å². The molecule has 4 aromatic rings. The Labute approximate surface area is 196 Å². The van der Waals surface area contributed by atoms with E-state index < -0.39 is 17.3 Å². The zero-order valence-electron chi connectivity index (χ0n) is 18.8. The molecule has 0 aliphatic carbocycles. The number of carboxylic acid groups (broad SMARTS) is 1. The Morgan fingerprint density at radius 3 is 2.44 bits per heavy atom. The summed E-state index contributed by atoms with van der Waals surface area (Å²) in [6.45, 7) is 2.91. The number of aromatic hydroxyl groups is 1. The first-order valence-corrected chi connectivity index (χ1v) is 10.7. The zero-order valence-corrected chi connectivity index (χ0v) is 18.8. The molecule has 7 nitrogen and oxygen atoms in total. The van der Waals surface area contributed by atoms with Gasteiger partial charge < -0.3 is 20.3 Å². The van der Waals surface area contributed by atoms with E-state index in [1.165, 1.54) is 20.0 Å². The fourth-order valence-corrected chi connectivity index (χ4v) is 3.41. The predicted octanol–water partition coefficient (Wildman–Crippen LogP) is 5.24. The fraction of sp³-hybridized carbons (Fsp3) is 0.148. The van der Waals surface area contributed by atoms with Crippen molar-refractivity contribution in [2.24, 2.45) is 5.41 Å². The van der Waals surface area contributed by atoms with E-state index in [1.807, 2.05) is 66.7 Å². The number of hydrogen-bond acceptors (Lipinski definition) is 5. The van der Waals surface area contributed by atoms with Gasteiger partial charge in [0.2, 0.25) is 0 Å². The molecule has 0 radical (unpaired) electrons. The third-order valence-corrected chi connectivity index (χ3v) is 5.52. The lowest BCUT2D eigenvalue weighted by Gasteiger charge is -2.19. The number of carboxylic acids is 1. The summed E-state index contributed by atoms with van der Waals surface area (Å²) in [6.07, 6.45) is 1.51. The van der Waals surface area contributed by atoms with E-state index in [9.17, 15) is 19.8 Å². The van der Waals surface area contributed by atoms with Crippen LogP contribution in [-0.2, 0) is 4.79 Å². The van der Waals surface area contributed by atoms with E-state index >= 15 is 0 Å². The number of aromatic nitrogens is 1. The first-order chi connectivity index (χ1) is 16.3. The smallest absolute Gasteiger partial charge is 0.310 e. The van der Waals surface area contributed by atoms with Crippen molar-refractivity contribution in [1.82, 2.24) is 10.3 Å². The van der Waals surface area contributed by atoms with E-state index in [-0.39, 0.29) is 18.0 Å². The SMILES string of the molecule is CC(C)(CNC(=O)c1ncc2cc(-c3ccccc3Oc3ccccc3)ccc2c1O)C(=O)O. The minimum atomic E-state index is -1.15. The van der Waals surface area contributed by atoms with Crippen LogP contribution in [0.3, 0.4) is 0 Å². The summed E-state index contributed by atoms with van der Waals surface area (Å²) in [5.41, 5.74) is 0.423. The lowest BCUT2D eigenvalue weighted by atomic mass is 9.94. The summed E-state index contributed by atoms with van der Waals surface area (Å²) in [6, 6.07) is 22.5. The Morgan fingerprint density at radius 2 is 1.71 bits per heavy atom. The number of aliphatic carboxylic acids is 1. The van der Waals surface area contributed by atoms with Crippen LogP contribution >= 0.6 is 0 Å². The number of rotatable bonds is 7. The monoisotopic (exact) mass is 456 g/mol. The number of nitrogens with one attached hydrogen (secondary N) is 1. The average Bonchev–Trinajstić information content (AvgIpc) is 2.83. The van der Waals surface area contributed by atoms with Gasteiger partial charge in [0, 0.05) is 29.1 Å². The standard InChI is InChI=1S/C27H24N2O5/c1-27(2,26(32)33)16-29-25(31)23-24(30)21-13-12-17(14-18(21)15-28-23)20-10-6-7-11-22(20)34-19-8-4-3-5-9-19/h3-15,30H,16H2,1-2H3,(H,29,31)(H,32,33). The maximum atomic E-state index is 12.5. The molecule has 0 aliphatic heterocycles. The van der Waals surface area contributed by atoms with Crippen LogP contribution in [0.5, 0.6) is 17.2 Å². The summed E-state index contributed by atoms with van der Waals surface area (Å²) in [5.74, 6) is -0.533. The summed E-state index contributed by atoms with van der Waals surface area (Å²) in [4.78, 5) is 27.9. The van der Waals surface area contributed by atoms with Gasteiger partial charge in [0.25, 0.3) is 5.91 Å². The van der Waals surface area contributed by atoms with E-state index in [1.54, 1.807) is 6.07 Å². The number of para-hydroxylation sites is 2. The van der Waals surface area contributed by atoms with Crippen molar-refractivity contribution >= 4 is 22.6 Å². The van der Waals surface area contributed by atoms with Crippen molar-refractivity contribution in [2.75, 3.05) is 6.54 Å². The van der Waals surface area contributed by atoms with Crippen molar-refractivity contribution in [3.05, 3.63) is 84.7 Å². The molecule has 0 saturated heterocycles. The highest BCUT2D eigenvalue weighted by Crippen LogP contribution is 2.36. The van der Waals surface area contributed by atoms with Gasteiger partial charge in [-0.15, -0.1) is 0 Å². The van der Waals surface area contributed by atoms with Gasteiger partial charge in [-0.25, -0.2) is 4.98 Å². The molecule has 172 valence electrons. The van der Waals surface area contributed by atoms with E-state index in [4.69, 9.17) is 4.74 Å². The van der Waals surface area contributed by atoms with Gasteiger partial charge in [0.15, 0.2) is 11.4 Å². The van der Waals surface area contributed by atoms with Gasteiger partial charge in [-0.3, -0.25) is 9.59 Å². The lowest BCUT2D eigenvalue weighted by molar-refractivity contribution is -0.146. The fourth-order valence-electron chi connectivity index (χ4n) is 3.41. The molecule has 0 spiro atoms. The van der Waals surface area contributed by atoms with Crippen molar-refractivity contribution in [3.8, 4) is 28.4 Å². The highest BCUT2D eigenvalue weighted by Gasteiger charge is 2.28. The molecule has 1 aromatic heterocycles. The second-order valence-corrected chi connectivity index (χ2v) is 8.54. The largest absolute Gasteiger partial charge is 0.505 e. The zero-order chi connectivity index (χ0) is 24.3. The molecule has 0 unspecified atom stereocenters. The molecule has 3 aromatic carbocycles. The van der Waals surface area contributed by atoms with E-state index in [0.717, 1.165) is 16.9 Å². The van der Waals surface area contributed by atoms with Gasteiger partial charge in [-0.05, 0) is 49.7 Å². The molecule has 1 amide bonds. The highest BCUT2D eigenvalue weighted by molar-refractivity contribution is 6.02. The molecule has 3 N–H and O–H groups in total. The number of amides is 1. The Kier molecular flexibility index (Phi) is 6.19. The third-order valence-electron chi connectivity index (χ3n) is 5.52. The number of ether oxygens (including phenoxy) is 1. The van der Waals surface area contributed by atoms with Crippen molar-refractivity contribution in [2.45, 2.75) is 13.8 Å². The van der Waals surface area contributed by atoms with Crippen LogP contribution in [0, 0.1) is 5.41 Å². The quantitative estimate of drug-likeness (QED) is 0.351. The first kappa shape index (κ1) is 22.8. The van der Waals surface area contributed by atoms with Gasteiger partial charge in [0.1, 0.15) is 11.5 Å². The van der Waals surface area contributed by atoms with Crippen LogP contribution in [0.1, 0.15) is 24.3 Å². The van der Waals surface area contributed by atoms with E-state index in [2.05, 4.69) is 10.3 Å². The predicted molar refractivity (Wildman–Crippen MR) is 129 cm³/mol. The van der Waals surface area contributed by atoms with Crippen molar-refractivity contribution < 1.29 is 24.5 Å². The normalized spacial score (nSPS) is 11.2.